The quantitative estimate of drug-likeness (QED) is 0.720. The molecule has 132 valence electrons. The Labute approximate surface area is 146 Å². The number of nitrogens with zero attached hydrogens (tertiary/aromatic N) is 3. The number of ether oxygens (including phenoxy) is 2. The van der Waals surface area contributed by atoms with Crippen LogP contribution in [0.4, 0.5) is 0 Å². The van der Waals surface area contributed by atoms with E-state index < -0.39 is 5.97 Å². The van der Waals surface area contributed by atoms with Gasteiger partial charge in [0.15, 0.2) is 5.75 Å². The number of hydrogen-bond donors (Lipinski definition) is 0. The van der Waals surface area contributed by atoms with Gasteiger partial charge >= 0.3 is 5.97 Å². The summed E-state index contributed by atoms with van der Waals surface area (Å²) in [5.41, 5.74) is 0.955. The average Bonchev–Trinajstić information content (AvgIpc) is 3.23. The zero-order chi connectivity index (χ0) is 17.6. The number of hydrogen-bond acceptors (Lipinski definition) is 5. The van der Waals surface area contributed by atoms with Gasteiger partial charge in [-0.05, 0) is 25.5 Å². The summed E-state index contributed by atoms with van der Waals surface area (Å²) < 4.78 is 12.4. The Morgan fingerprint density at radius 3 is 2.76 bits per heavy atom. The number of carbonyl (C=O) groups is 2. The molecule has 25 heavy (non-hydrogen) atoms. The standard InChI is InChI=1S/C18H21N3O4/c1-2-24-18(23)17-15(25-12-11-20-10-6-9-16(20)22)13-21(19-17)14-7-4-3-5-8-14/h3-5,7-8,13H,2,6,9-12H2,1H3. The Kier molecular flexibility index (Phi) is 5.33. The highest BCUT2D eigenvalue weighted by Gasteiger charge is 2.22. The van der Waals surface area contributed by atoms with Crippen molar-refractivity contribution in [1.82, 2.24) is 14.7 Å². The van der Waals surface area contributed by atoms with Crippen LogP contribution < -0.4 is 4.74 Å². The topological polar surface area (TPSA) is 73.7 Å². The van der Waals surface area contributed by atoms with E-state index in [9.17, 15) is 9.59 Å². The molecule has 1 aliphatic rings. The van der Waals surface area contributed by atoms with Crippen molar-refractivity contribution < 1.29 is 19.1 Å². The van der Waals surface area contributed by atoms with Gasteiger partial charge in [0, 0.05) is 13.0 Å². The van der Waals surface area contributed by atoms with Crippen LogP contribution in [0.3, 0.4) is 0 Å². The Morgan fingerprint density at radius 2 is 2.08 bits per heavy atom. The largest absolute Gasteiger partial charge is 0.487 e. The zero-order valence-corrected chi connectivity index (χ0v) is 14.2. The first-order chi connectivity index (χ1) is 12.2. The van der Waals surface area contributed by atoms with E-state index >= 15 is 0 Å². The third-order valence-electron chi connectivity index (χ3n) is 3.96. The summed E-state index contributed by atoms with van der Waals surface area (Å²) in [6, 6.07) is 9.45. The second kappa shape index (κ2) is 7.83. The molecular formula is C18H21N3O4. The molecule has 1 aromatic carbocycles. The maximum absolute atomic E-state index is 12.1. The minimum atomic E-state index is -0.524. The third-order valence-corrected chi connectivity index (χ3v) is 3.96. The van der Waals surface area contributed by atoms with Crippen LogP contribution in [-0.2, 0) is 9.53 Å². The lowest BCUT2D eigenvalue weighted by molar-refractivity contribution is -0.128. The highest BCUT2D eigenvalue weighted by Crippen LogP contribution is 2.21. The fourth-order valence-corrected chi connectivity index (χ4v) is 2.72. The van der Waals surface area contributed by atoms with Crippen LogP contribution in [-0.4, -0.2) is 52.9 Å². The highest BCUT2D eigenvalue weighted by atomic mass is 16.5. The van der Waals surface area contributed by atoms with Crippen molar-refractivity contribution in [3.8, 4) is 11.4 Å². The van der Waals surface area contributed by atoms with Crippen molar-refractivity contribution in [1.29, 1.82) is 0 Å². The molecule has 0 atom stereocenters. The normalized spacial score (nSPS) is 14.0. The molecule has 0 saturated carbocycles. The maximum atomic E-state index is 12.1. The smallest absolute Gasteiger partial charge is 0.362 e. The van der Waals surface area contributed by atoms with E-state index in [1.807, 2.05) is 30.3 Å². The van der Waals surface area contributed by atoms with E-state index in [1.54, 1.807) is 22.7 Å². The van der Waals surface area contributed by atoms with E-state index in [-0.39, 0.29) is 18.2 Å². The minimum absolute atomic E-state index is 0.137. The van der Waals surface area contributed by atoms with Crippen molar-refractivity contribution in [3.63, 3.8) is 0 Å². The van der Waals surface area contributed by atoms with Crippen molar-refractivity contribution in [2.24, 2.45) is 0 Å². The van der Waals surface area contributed by atoms with Gasteiger partial charge in [-0.1, -0.05) is 18.2 Å². The third kappa shape index (κ3) is 3.99. The van der Waals surface area contributed by atoms with E-state index in [1.165, 1.54) is 0 Å². The Balaban J connectivity index is 1.74. The van der Waals surface area contributed by atoms with Gasteiger partial charge in [0.25, 0.3) is 0 Å². The van der Waals surface area contributed by atoms with E-state index in [2.05, 4.69) is 5.10 Å². The number of amides is 1. The van der Waals surface area contributed by atoms with Crippen molar-refractivity contribution in [2.75, 3.05) is 26.3 Å². The molecule has 1 saturated heterocycles. The van der Waals surface area contributed by atoms with Gasteiger partial charge in [0.2, 0.25) is 11.6 Å². The van der Waals surface area contributed by atoms with Gasteiger partial charge in [-0.2, -0.15) is 5.10 Å². The summed E-state index contributed by atoms with van der Waals surface area (Å²) in [6.45, 7) is 3.57. The summed E-state index contributed by atoms with van der Waals surface area (Å²) in [5.74, 6) is -0.0208. The number of likely N-dealkylation sites (tertiary alicyclic amines) is 1. The van der Waals surface area contributed by atoms with Crippen LogP contribution in [0, 0.1) is 0 Å². The molecule has 7 heteroatoms. The predicted octanol–water partition coefficient (Wildman–Crippen LogP) is 2.05. The number of esters is 1. The first-order valence-electron chi connectivity index (χ1n) is 8.42. The molecular weight excluding hydrogens is 322 g/mol. The van der Waals surface area contributed by atoms with Gasteiger partial charge in [-0.15, -0.1) is 0 Å². The Hall–Kier alpha value is -2.83. The number of rotatable bonds is 7. The number of aromatic nitrogens is 2. The van der Waals surface area contributed by atoms with Crippen LogP contribution in [0.15, 0.2) is 36.5 Å². The summed E-state index contributed by atoms with van der Waals surface area (Å²) in [6.07, 6.45) is 3.15. The van der Waals surface area contributed by atoms with Gasteiger partial charge in [0.05, 0.1) is 25.0 Å². The second-order valence-electron chi connectivity index (χ2n) is 5.68. The van der Waals surface area contributed by atoms with Crippen molar-refractivity contribution >= 4 is 11.9 Å². The first-order valence-corrected chi connectivity index (χ1v) is 8.42. The van der Waals surface area contributed by atoms with Gasteiger partial charge in [-0.25, -0.2) is 9.48 Å². The molecule has 3 rings (SSSR count). The SMILES string of the molecule is CCOC(=O)c1nn(-c2ccccc2)cc1OCCN1CCCC1=O. The summed E-state index contributed by atoms with van der Waals surface area (Å²) in [4.78, 5) is 25.6. The number of benzene rings is 1. The fraction of sp³-hybridized carbons (Fsp3) is 0.389. The predicted molar refractivity (Wildman–Crippen MR) is 90.8 cm³/mol. The lowest BCUT2D eigenvalue weighted by Crippen LogP contribution is -2.29. The zero-order valence-electron chi connectivity index (χ0n) is 14.2. The van der Waals surface area contributed by atoms with Gasteiger partial charge in [-0.3, -0.25) is 4.79 Å². The number of carbonyl (C=O) groups excluding carboxylic acids is 2. The molecule has 0 bridgehead atoms. The molecule has 7 nitrogen and oxygen atoms in total. The lowest BCUT2D eigenvalue weighted by Gasteiger charge is -2.15. The van der Waals surface area contributed by atoms with Crippen LogP contribution in [0.2, 0.25) is 0 Å². The van der Waals surface area contributed by atoms with Crippen molar-refractivity contribution in [2.45, 2.75) is 19.8 Å². The molecule has 2 heterocycles. The van der Waals surface area contributed by atoms with Crippen molar-refractivity contribution in [3.05, 3.63) is 42.2 Å². The molecule has 1 aliphatic heterocycles. The molecule has 1 aromatic heterocycles. The molecule has 0 unspecified atom stereocenters. The van der Waals surface area contributed by atoms with E-state index in [0.717, 1.165) is 18.7 Å². The summed E-state index contributed by atoms with van der Waals surface area (Å²) in [7, 11) is 0. The van der Waals surface area contributed by atoms with Crippen LogP contribution in [0.1, 0.15) is 30.3 Å². The summed E-state index contributed by atoms with van der Waals surface area (Å²) in [5, 5.41) is 4.30. The van der Waals surface area contributed by atoms with E-state index in [0.29, 0.717) is 25.3 Å². The maximum Gasteiger partial charge on any atom is 0.362 e. The molecule has 0 aliphatic carbocycles. The first kappa shape index (κ1) is 17.0. The van der Waals surface area contributed by atoms with Crippen LogP contribution in [0.5, 0.6) is 5.75 Å². The fourth-order valence-electron chi connectivity index (χ4n) is 2.72. The number of para-hydroxylation sites is 1. The Morgan fingerprint density at radius 1 is 1.28 bits per heavy atom. The monoisotopic (exact) mass is 343 g/mol. The Bertz CT molecular complexity index is 742. The van der Waals surface area contributed by atoms with E-state index in [4.69, 9.17) is 9.47 Å². The average molecular weight is 343 g/mol. The molecule has 0 radical (unpaired) electrons. The van der Waals surface area contributed by atoms with Gasteiger partial charge < -0.3 is 14.4 Å². The molecule has 1 fully saturated rings. The highest BCUT2D eigenvalue weighted by molar-refractivity contribution is 5.90. The second-order valence-corrected chi connectivity index (χ2v) is 5.68. The minimum Gasteiger partial charge on any atom is -0.487 e. The molecule has 0 N–H and O–H groups in total. The van der Waals surface area contributed by atoms with Crippen LogP contribution >= 0.6 is 0 Å². The molecule has 1 amide bonds. The van der Waals surface area contributed by atoms with Crippen LogP contribution in [0.25, 0.3) is 5.69 Å². The molecule has 0 spiro atoms. The van der Waals surface area contributed by atoms with Gasteiger partial charge in [0.1, 0.15) is 6.61 Å². The molecule has 2 aromatic rings. The summed E-state index contributed by atoms with van der Waals surface area (Å²) >= 11 is 0. The lowest BCUT2D eigenvalue weighted by atomic mass is 10.3.